The maximum atomic E-state index is 12.9. The molecular formula is C21H20O9. The average molecular weight is 416 g/mol. The van der Waals surface area contributed by atoms with Gasteiger partial charge in [0.1, 0.15) is 59.1 Å². The van der Waals surface area contributed by atoms with Crippen molar-refractivity contribution in [3.8, 4) is 23.0 Å². The SMILES string of the molecule is O=C1CC(c2ccc(O)cc2)Oc2cc3c(c(O)c21)[C@@H]1O[C@H](CO)[C@@H](O)[C@H](O)[C@@H]1O3. The summed E-state index contributed by atoms with van der Waals surface area (Å²) in [5.74, 6) is -0.300. The van der Waals surface area contributed by atoms with E-state index in [4.69, 9.17) is 14.2 Å². The number of aromatic hydroxyl groups is 2. The van der Waals surface area contributed by atoms with Gasteiger partial charge in [0.2, 0.25) is 0 Å². The third-order valence-electron chi connectivity index (χ3n) is 5.86. The molecule has 6 atom stereocenters. The number of carbonyl (C=O) groups excluding carboxylic acids is 1. The summed E-state index contributed by atoms with van der Waals surface area (Å²) in [6.07, 6.45) is -6.35. The first-order chi connectivity index (χ1) is 14.4. The first-order valence-corrected chi connectivity index (χ1v) is 9.56. The largest absolute Gasteiger partial charge is 0.508 e. The smallest absolute Gasteiger partial charge is 0.174 e. The van der Waals surface area contributed by atoms with E-state index in [2.05, 4.69) is 0 Å². The van der Waals surface area contributed by atoms with E-state index >= 15 is 0 Å². The molecule has 9 nitrogen and oxygen atoms in total. The number of carbonyl (C=O) groups is 1. The van der Waals surface area contributed by atoms with Gasteiger partial charge >= 0.3 is 0 Å². The molecule has 0 spiro atoms. The molecule has 2 aromatic carbocycles. The van der Waals surface area contributed by atoms with Gasteiger partial charge < -0.3 is 39.7 Å². The lowest BCUT2D eigenvalue weighted by Gasteiger charge is -2.38. The van der Waals surface area contributed by atoms with E-state index in [1.54, 1.807) is 12.1 Å². The highest BCUT2D eigenvalue weighted by Gasteiger charge is 2.52. The van der Waals surface area contributed by atoms with Gasteiger partial charge in [-0.15, -0.1) is 0 Å². The highest BCUT2D eigenvalue weighted by Crippen LogP contribution is 2.53. The lowest BCUT2D eigenvalue weighted by molar-refractivity contribution is -0.215. The maximum Gasteiger partial charge on any atom is 0.174 e. The van der Waals surface area contributed by atoms with Crippen LogP contribution in [0, 0.1) is 0 Å². The fourth-order valence-corrected chi connectivity index (χ4v) is 4.31. The fraction of sp³-hybridized carbons (Fsp3) is 0.381. The van der Waals surface area contributed by atoms with Crippen LogP contribution in [0.1, 0.15) is 40.1 Å². The number of phenolic OH excluding ortho intramolecular Hbond substituents is 2. The Kier molecular flexibility index (Phi) is 4.37. The molecule has 3 aliphatic heterocycles. The van der Waals surface area contributed by atoms with Crippen molar-refractivity contribution in [1.29, 1.82) is 0 Å². The van der Waals surface area contributed by atoms with Gasteiger partial charge in [0.25, 0.3) is 0 Å². The molecule has 2 aromatic rings. The second-order valence-electron chi connectivity index (χ2n) is 7.68. The zero-order valence-corrected chi connectivity index (χ0v) is 15.6. The lowest BCUT2D eigenvalue weighted by atomic mass is 9.89. The van der Waals surface area contributed by atoms with Gasteiger partial charge in [0, 0.05) is 6.07 Å². The monoisotopic (exact) mass is 416 g/mol. The Morgan fingerprint density at radius 3 is 2.43 bits per heavy atom. The first-order valence-electron chi connectivity index (χ1n) is 9.56. The van der Waals surface area contributed by atoms with Crippen LogP contribution in [-0.4, -0.2) is 62.3 Å². The quantitative estimate of drug-likeness (QED) is 0.478. The highest BCUT2D eigenvalue weighted by atomic mass is 16.6. The van der Waals surface area contributed by atoms with E-state index < -0.39 is 43.2 Å². The third-order valence-corrected chi connectivity index (χ3v) is 5.86. The summed E-state index contributed by atoms with van der Waals surface area (Å²) in [5, 5.41) is 50.2. The summed E-state index contributed by atoms with van der Waals surface area (Å²) < 4.78 is 17.3. The van der Waals surface area contributed by atoms with E-state index in [0.717, 1.165) is 0 Å². The van der Waals surface area contributed by atoms with Crippen molar-refractivity contribution >= 4 is 5.78 Å². The van der Waals surface area contributed by atoms with Gasteiger partial charge in [-0.3, -0.25) is 4.79 Å². The molecule has 9 heteroatoms. The summed E-state index contributed by atoms with van der Waals surface area (Å²) in [4.78, 5) is 12.9. The Balaban J connectivity index is 1.53. The predicted octanol–water partition coefficient (Wildman–Crippen LogP) is 0.719. The van der Waals surface area contributed by atoms with Crippen LogP contribution >= 0.6 is 0 Å². The maximum absolute atomic E-state index is 12.9. The lowest BCUT2D eigenvalue weighted by Crippen LogP contribution is -2.55. The van der Waals surface area contributed by atoms with E-state index in [1.807, 2.05) is 0 Å². The Morgan fingerprint density at radius 2 is 1.73 bits per heavy atom. The highest BCUT2D eigenvalue weighted by molar-refractivity contribution is 6.03. The number of hydrogen-bond donors (Lipinski definition) is 5. The average Bonchev–Trinajstić information content (AvgIpc) is 3.09. The van der Waals surface area contributed by atoms with Crippen molar-refractivity contribution in [3.05, 3.63) is 47.0 Å². The van der Waals surface area contributed by atoms with Gasteiger partial charge in [0.05, 0.1) is 18.6 Å². The van der Waals surface area contributed by atoms with Crippen LogP contribution in [0.2, 0.25) is 0 Å². The molecule has 0 amide bonds. The minimum absolute atomic E-state index is 0.00205. The minimum atomic E-state index is -1.36. The Labute approximate surface area is 170 Å². The summed E-state index contributed by atoms with van der Waals surface area (Å²) >= 11 is 0. The fourth-order valence-electron chi connectivity index (χ4n) is 4.31. The Bertz CT molecular complexity index is 1000. The van der Waals surface area contributed by atoms with Gasteiger partial charge in [-0.05, 0) is 17.7 Å². The van der Waals surface area contributed by atoms with E-state index in [-0.39, 0.29) is 46.3 Å². The van der Waals surface area contributed by atoms with Crippen LogP contribution in [0.15, 0.2) is 30.3 Å². The Hall–Kier alpha value is -2.85. The van der Waals surface area contributed by atoms with Crippen LogP contribution in [0.5, 0.6) is 23.0 Å². The van der Waals surface area contributed by atoms with Crippen molar-refractivity contribution in [2.45, 2.75) is 43.0 Å². The van der Waals surface area contributed by atoms with Crippen LogP contribution in [0.4, 0.5) is 0 Å². The van der Waals surface area contributed by atoms with E-state index in [1.165, 1.54) is 18.2 Å². The topological polar surface area (TPSA) is 146 Å². The molecule has 5 rings (SSSR count). The molecule has 0 aromatic heterocycles. The summed E-state index contributed by atoms with van der Waals surface area (Å²) in [6.45, 7) is -0.529. The second-order valence-corrected chi connectivity index (χ2v) is 7.68. The molecule has 158 valence electrons. The summed E-state index contributed by atoms with van der Waals surface area (Å²) in [6, 6.07) is 7.75. The molecule has 0 aliphatic carbocycles. The number of Topliss-reactive ketones (excluding diaryl/α,β-unsaturated/α-hetero) is 1. The molecule has 0 saturated carbocycles. The number of hydrogen-bond acceptors (Lipinski definition) is 9. The van der Waals surface area contributed by atoms with Gasteiger partial charge in [-0.1, -0.05) is 12.1 Å². The van der Waals surface area contributed by atoms with Crippen molar-refractivity contribution in [3.63, 3.8) is 0 Å². The molecule has 3 aliphatic rings. The molecule has 0 radical (unpaired) electrons. The molecule has 0 bridgehead atoms. The zero-order valence-electron chi connectivity index (χ0n) is 15.6. The second kappa shape index (κ2) is 6.85. The van der Waals surface area contributed by atoms with Crippen LogP contribution < -0.4 is 9.47 Å². The number of ketones is 1. The normalized spacial score (nSPS) is 31.9. The molecular weight excluding hydrogens is 396 g/mol. The Morgan fingerprint density at radius 1 is 1.00 bits per heavy atom. The van der Waals surface area contributed by atoms with Crippen LogP contribution in [0.25, 0.3) is 0 Å². The van der Waals surface area contributed by atoms with E-state index in [9.17, 15) is 30.3 Å². The number of aliphatic hydroxyl groups excluding tert-OH is 3. The molecule has 1 saturated heterocycles. The number of aliphatic hydroxyl groups is 3. The van der Waals surface area contributed by atoms with Crippen molar-refractivity contribution in [2.75, 3.05) is 6.61 Å². The number of fused-ring (bicyclic) bond motifs is 4. The van der Waals surface area contributed by atoms with E-state index in [0.29, 0.717) is 5.56 Å². The standard InChI is InChI=1S/C21H20O9/c22-7-14-17(25)19(27)21-20(30-14)16-13(29-21)6-12-15(18(16)26)10(24)5-11(28-12)8-1-3-9(23)4-2-8/h1-4,6,11,14,17,19-23,25-27H,5,7H2/t11?,14-,17-,19+,20+,21+/m1/s1. The molecule has 1 unspecified atom stereocenters. The molecule has 5 N–H and O–H groups in total. The summed E-state index contributed by atoms with van der Waals surface area (Å²) in [7, 11) is 0. The molecule has 1 fully saturated rings. The predicted molar refractivity (Wildman–Crippen MR) is 99.7 cm³/mol. The zero-order chi connectivity index (χ0) is 21.2. The number of ether oxygens (including phenoxy) is 3. The van der Waals surface area contributed by atoms with Crippen LogP contribution in [-0.2, 0) is 4.74 Å². The third kappa shape index (κ3) is 2.74. The molecule has 3 heterocycles. The number of rotatable bonds is 2. The number of phenols is 2. The van der Waals surface area contributed by atoms with Gasteiger partial charge in [-0.2, -0.15) is 0 Å². The van der Waals surface area contributed by atoms with Crippen molar-refractivity contribution in [2.24, 2.45) is 0 Å². The van der Waals surface area contributed by atoms with Crippen LogP contribution in [0.3, 0.4) is 0 Å². The number of benzene rings is 2. The first kappa shape index (κ1) is 19.1. The minimum Gasteiger partial charge on any atom is -0.508 e. The van der Waals surface area contributed by atoms with Crippen molar-refractivity contribution in [1.82, 2.24) is 0 Å². The molecule has 30 heavy (non-hydrogen) atoms. The van der Waals surface area contributed by atoms with Gasteiger partial charge in [0.15, 0.2) is 11.9 Å². The summed E-state index contributed by atoms with van der Waals surface area (Å²) in [5.41, 5.74) is 0.870. The van der Waals surface area contributed by atoms with Crippen molar-refractivity contribution < 1.29 is 44.5 Å². The van der Waals surface area contributed by atoms with Gasteiger partial charge in [-0.25, -0.2) is 0 Å².